The summed E-state index contributed by atoms with van der Waals surface area (Å²) in [6.45, 7) is 8.76. The molecule has 1 heterocycles. The summed E-state index contributed by atoms with van der Waals surface area (Å²) >= 11 is 7.14. The molecule has 1 N–H and O–H groups in total. The van der Waals surface area contributed by atoms with Crippen LogP contribution in [-0.2, 0) is 17.6 Å². The predicted octanol–water partition coefficient (Wildman–Crippen LogP) is 4.17. The normalized spacial score (nSPS) is 13.4. The van der Waals surface area contributed by atoms with Gasteiger partial charge in [-0.2, -0.15) is 0 Å². The van der Waals surface area contributed by atoms with Gasteiger partial charge in [0.1, 0.15) is 5.00 Å². The number of methoxy groups -OCH3 is 1. The van der Waals surface area contributed by atoms with Gasteiger partial charge in [0.05, 0.1) is 12.7 Å². The zero-order valence-corrected chi connectivity index (χ0v) is 15.7. The first kappa shape index (κ1) is 18.7. The molecule has 0 radical (unpaired) electrons. The molecule has 0 spiro atoms. The van der Waals surface area contributed by atoms with Gasteiger partial charge in [-0.3, -0.25) is 0 Å². The van der Waals surface area contributed by atoms with Crippen LogP contribution in [0.3, 0.4) is 0 Å². The molecule has 1 aromatic rings. The smallest absolute Gasteiger partial charge is 0.341 e. The fourth-order valence-electron chi connectivity index (χ4n) is 2.88. The van der Waals surface area contributed by atoms with Crippen molar-refractivity contribution in [2.45, 2.75) is 32.1 Å². The van der Waals surface area contributed by atoms with Gasteiger partial charge in [-0.25, -0.2) is 4.79 Å². The second-order valence-corrected chi connectivity index (χ2v) is 7.16. The van der Waals surface area contributed by atoms with Gasteiger partial charge in [-0.05, 0) is 43.5 Å². The third-order valence-corrected chi connectivity index (χ3v) is 5.58. The Hall–Kier alpha value is -1.66. The Kier molecular flexibility index (Phi) is 6.99. The van der Waals surface area contributed by atoms with Gasteiger partial charge in [-0.1, -0.05) is 18.6 Å². The molecule has 0 amide bonds. The van der Waals surface area contributed by atoms with Crippen LogP contribution in [0.25, 0.3) is 0 Å². The first-order valence-electron chi connectivity index (χ1n) is 8.13. The van der Waals surface area contributed by atoms with Crippen molar-refractivity contribution in [1.29, 1.82) is 0 Å². The van der Waals surface area contributed by atoms with E-state index in [0.717, 1.165) is 36.2 Å². The minimum absolute atomic E-state index is 0.293. The molecule has 1 aliphatic rings. The summed E-state index contributed by atoms with van der Waals surface area (Å²) < 4.78 is 5.02. The molecular formula is C18H24N2O2S2. The van der Waals surface area contributed by atoms with Crippen molar-refractivity contribution < 1.29 is 9.53 Å². The zero-order chi connectivity index (χ0) is 17.5. The van der Waals surface area contributed by atoms with Crippen molar-refractivity contribution in [3.8, 4) is 0 Å². The van der Waals surface area contributed by atoms with Gasteiger partial charge < -0.3 is 15.0 Å². The molecular weight excluding hydrogens is 340 g/mol. The average molecular weight is 365 g/mol. The quantitative estimate of drug-likeness (QED) is 0.355. The number of ether oxygens (including phenoxy) is 1. The summed E-state index contributed by atoms with van der Waals surface area (Å²) in [7, 11) is 1.42. The number of anilines is 1. The molecule has 1 aliphatic carbocycles. The molecule has 0 unspecified atom stereocenters. The lowest BCUT2D eigenvalue weighted by atomic mass is 10.1. The van der Waals surface area contributed by atoms with Crippen molar-refractivity contribution in [3.05, 3.63) is 41.3 Å². The lowest BCUT2D eigenvalue weighted by Crippen LogP contribution is -2.35. The summed E-state index contributed by atoms with van der Waals surface area (Å²) in [5.41, 5.74) is 1.78. The van der Waals surface area contributed by atoms with E-state index in [9.17, 15) is 4.79 Å². The van der Waals surface area contributed by atoms with E-state index in [0.29, 0.717) is 23.8 Å². The van der Waals surface area contributed by atoms with Crippen molar-refractivity contribution >= 4 is 39.6 Å². The molecule has 0 atom stereocenters. The second kappa shape index (κ2) is 8.99. The third-order valence-electron chi connectivity index (χ3n) is 4.02. The van der Waals surface area contributed by atoms with Crippen LogP contribution >= 0.6 is 23.6 Å². The van der Waals surface area contributed by atoms with Gasteiger partial charge in [-0.15, -0.1) is 24.5 Å². The Labute approximate surface area is 153 Å². The van der Waals surface area contributed by atoms with E-state index in [1.165, 1.54) is 18.4 Å². The van der Waals surface area contributed by atoms with E-state index in [4.69, 9.17) is 17.0 Å². The van der Waals surface area contributed by atoms with E-state index in [2.05, 4.69) is 18.5 Å². The molecule has 24 heavy (non-hydrogen) atoms. The number of thiophene rings is 1. The number of esters is 1. The molecule has 6 heteroatoms. The van der Waals surface area contributed by atoms with Gasteiger partial charge in [0.15, 0.2) is 5.11 Å². The van der Waals surface area contributed by atoms with Crippen LogP contribution in [0, 0.1) is 0 Å². The lowest BCUT2D eigenvalue weighted by Gasteiger charge is -2.22. The average Bonchev–Trinajstić information content (AvgIpc) is 2.75. The van der Waals surface area contributed by atoms with Gasteiger partial charge in [0.25, 0.3) is 0 Å². The summed E-state index contributed by atoms with van der Waals surface area (Å²) in [5, 5.41) is 4.61. The number of thiocarbonyl (C=S) groups is 1. The molecule has 4 nitrogen and oxygen atoms in total. The molecule has 0 saturated heterocycles. The number of nitrogens with one attached hydrogen (secondary N) is 1. The highest BCUT2D eigenvalue weighted by Crippen LogP contribution is 2.38. The van der Waals surface area contributed by atoms with E-state index in [-0.39, 0.29) is 5.97 Å². The summed E-state index contributed by atoms with van der Waals surface area (Å²) in [5.74, 6) is -0.293. The minimum atomic E-state index is -0.293. The van der Waals surface area contributed by atoms with Crippen molar-refractivity contribution in [3.63, 3.8) is 0 Å². The van der Waals surface area contributed by atoms with E-state index < -0.39 is 0 Å². The van der Waals surface area contributed by atoms with Crippen LogP contribution in [0.2, 0.25) is 0 Å². The van der Waals surface area contributed by atoms with Crippen LogP contribution in [0.5, 0.6) is 0 Å². The van der Waals surface area contributed by atoms with Gasteiger partial charge >= 0.3 is 5.97 Å². The Morgan fingerprint density at radius 2 is 1.96 bits per heavy atom. The van der Waals surface area contributed by atoms with Crippen LogP contribution in [-0.4, -0.2) is 36.2 Å². The summed E-state index contributed by atoms with van der Waals surface area (Å²) in [6, 6.07) is 0. The van der Waals surface area contributed by atoms with Gasteiger partial charge in [0, 0.05) is 18.0 Å². The highest BCUT2D eigenvalue weighted by molar-refractivity contribution is 7.80. The topological polar surface area (TPSA) is 41.6 Å². The van der Waals surface area contributed by atoms with E-state index in [1.54, 1.807) is 23.5 Å². The fourth-order valence-corrected chi connectivity index (χ4v) is 4.47. The Morgan fingerprint density at radius 3 is 2.58 bits per heavy atom. The molecule has 0 bridgehead atoms. The van der Waals surface area contributed by atoms with E-state index in [1.807, 2.05) is 4.90 Å². The molecule has 130 valence electrons. The first-order valence-corrected chi connectivity index (χ1v) is 9.35. The molecule has 0 aromatic carbocycles. The Morgan fingerprint density at radius 1 is 1.29 bits per heavy atom. The van der Waals surface area contributed by atoms with E-state index >= 15 is 0 Å². The number of fused-ring (bicyclic) bond motifs is 1. The number of carbonyl (C=O) groups excluding carboxylic acids is 1. The third kappa shape index (κ3) is 4.24. The number of nitrogens with zero attached hydrogens (tertiary/aromatic N) is 1. The number of hydrogen-bond donors (Lipinski definition) is 1. The van der Waals surface area contributed by atoms with Crippen LogP contribution in [0.15, 0.2) is 25.3 Å². The number of carbonyl (C=O) groups is 1. The van der Waals surface area contributed by atoms with Crippen LogP contribution in [0.4, 0.5) is 5.00 Å². The maximum absolute atomic E-state index is 12.3. The lowest BCUT2D eigenvalue weighted by molar-refractivity contribution is 0.0601. The molecule has 1 aromatic heterocycles. The second-order valence-electron chi connectivity index (χ2n) is 5.67. The number of hydrogen-bond acceptors (Lipinski definition) is 4. The molecule has 2 rings (SSSR count). The monoisotopic (exact) mass is 364 g/mol. The summed E-state index contributed by atoms with van der Waals surface area (Å²) in [4.78, 5) is 15.6. The first-order chi connectivity index (χ1) is 11.6. The summed E-state index contributed by atoms with van der Waals surface area (Å²) in [6.07, 6.45) is 9.00. The van der Waals surface area contributed by atoms with Crippen molar-refractivity contribution in [1.82, 2.24) is 4.90 Å². The number of aryl methyl sites for hydroxylation is 1. The molecule has 0 fully saturated rings. The van der Waals surface area contributed by atoms with Crippen molar-refractivity contribution in [2.75, 3.05) is 25.5 Å². The minimum Gasteiger partial charge on any atom is -0.465 e. The maximum Gasteiger partial charge on any atom is 0.341 e. The zero-order valence-electron chi connectivity index (χ0n) is 14.1. The fraction of sp³-hybridized carbons (Fsp3) is 0.444. The Bertz CT molecular complexity index is 627. The van der Waals surface area contributed by atoms with Crippen LogP contribution < -0.4 is 5.32 Å². The van der Waals surface area contributed by atoms with Crippen LogP contribution in [0.1, 0.15) is 40.1 Å². The largest absolute Gasteiger partial charge is 0.465 e. The Balaban J connectivity index is 2.31. The van der Waals surface area contributed by atoms with Gasteiger partial charge in [0.2, 0.25) is 0 Å². The highest BCUT2D eigenvalue weighted by atomic mass is 32.1. The molecule has 0 saturated carbocycles. The highest BCUT2D eigenvalue weighted by Gasteiger charge is 2.26. The van der Waals surface area contributed by atoms with Crippen molar-refractivity contribution in [2.24, 2.45) is 0 Å². The predicted molar refractivity (Wildman–Crippen MR) is 105 cm³/mol. The maximum atomic E-state index is 12.3. The SMILES string of the molecule is C=CCN(CC=C)C(=S)Nc1sc2c(c1C(=O)OC)CCCCC2. The standard InChI is InChI=1S/C18H24N2O2S2/c1-4-11-20(12-5-2)18(23)19-16-15(17(21)22-3)13-9-7-6-8-10-14(13)24-16/h4-5H,1-2,6-12H2,3H3,(H,19,23). The number of rotatable bonds is 6. The molecule has 0 aliphatic heterocycles.